The normalized spacial score (nSPS) is 14.1. The topological polar surface area (TPSA) is 64.7 Å². The summed E-state index contributed by atoms with van der Waals surface area (Å²) in [4.78, 5) is 11.9. The summed E-state index contributed by atoms with van der Waals surface area (Å²) in [7, 11) is 0. The third-order valence-corrected chi connectivity index (χ3v) is 2.50. The van der Waals surface area contributed by atoms with Crippen molar-refractivity contribution in [1.82, 2.24) is 0 Å². The molecule has 0 saturated heterocycles. The Bertz CT molecular complexity index is 569. The van der Waals surface area contributed by atoms with Crippen LogP contribution in [0.3, 0.4) is 0 Å². The zero-order valence-corrected chi connectivity index (χ0v) is 8.32. The molecule has 0 unspecified atom stereocenters. The monoisotopic (exact) mass is 206 g/mol. The van der Waals surface area contributed by atoms with Gasteiger partial charge in [-0.25, -0.2) is 0 Å². The molecule has 1 aliphatic carbocycles. The summed E-state index contributed by atoms with van der Waals surface area (Å²) >= 11 is 0. The van der Waals surface area contributed by atoms with Crippen LogP contribution in [0.25, 0.3) is 5.57 Å². The third-order valence-electron chi connectivity index (χ3n) is 2.50. The van der Waals surface area contributed by atoms with E-state index in [1.165, 1.54) is 0 Å². The predicted octanol–water partition coefficient (Wildman–Crippen LogP) is 2.24. The number of ketones is 1. The van der Waals surface area contributed by atoms with Crippen molar-refractivity contribution in [3.05, 3.63) is 53.1 Å². The van der Waals surface area contributed by atoms with Crippen LogP contribution in [0.1, 0.15) is 15.9 Å². The van der Waals surface area contributed by atoms with Gasteiger partial charge in [0.25, 0.3) is 0 Å². The van der Waals surface area contributed by atoms with Crippen molar-refractivity contribution in [1.29, 1.82) is 10.5 Å². The number of allylic oxidation sites excluding steroid dienone is 3. The molecule has 3 heteroatoms. The molecular weight excluding hydrogens is 200 g/mol. The Balaban J connectivity index is 2.79. The van der Waals surface area contributed by atoms with E-state index in [0.717, 1.165) is 0 Å². The van der Waals surface area contributed by atoms with Crippen LogP contribution in [0.4, 0.5) is 0 Å². The summed E-state index contributed by atoms with van der Waals surface area (Å²) in [5, 5.41) is 17.8. The van der Waals surface area contributed by atoms with Gasteiger partial charge in [-0.15, -0.1) is 0 Å². The zero-order chi connectivity index (χ0) is 11.7. The second-order valence-corrected chi connectivity index (χ2v) is 3.33. The Morgan fingerprint density at radius 1 is 1.00 bits per heavy atom. The molecule has 0 atom stereocenters. The molecule has 0 radical (unpaired) electrons. The maximum Gasteiger partial charge on any atom is 0.205 e. The molecule has 0 aliphatic heterocycles. The summed E-state index contributed by atoms with van der Waals surface area (Å²) in [5.74, 6) is -0.401. The molecule has 0 N–H and O–H groups in total. The zero-order valence-electron chi connectivity index (χ0n) is 8.32. The van der Waals surface area contributed by atoms with Crippen LogP contribution in [0.5, 0.6) is 0 Å². The summed E-state index contributed by atoms with van der Waals surface area (Å²) in [6.07, 6.45) is 0. The first-order valence-corrected chi connectivity index (χ1v) is 4.58. The highest BCUT2D eigenvalue weighted by atomic mass is 16.1. The average Bonchev–Trinajstić information content (AvgIpc) is 2.33. The van der Waals surface area contributed by atoms with E-state index >= 15 is 0 Å². The fourth-order valence-corrected chi connectivity index (χ4v) is 1.71. The number of carbonyl (C=O) groups is 1. The fourth-order valence-electron chi connectivity index (χ4n) is 1.71. The number of carbonyl (C=O) groups excluding carboxylic acids is 1. The molecule has 2 rings (SSSR count). The minimum Gasteiger partial charge on any atom is -0.288 e. The van der Waals surface area contributed by atoms with E-state index in [9.17, 15) is 4.79 Å². The van der Waals surface area contributed by atoms with E-state index in [0.29, 0.717) is 16.7 Å². The van der Waals surface area contributed by atoms with Gasteiger partial charge in [0.15, 0.2) is 0 Å². The number of rotatable bonds is 0. The van der Waals surface area contributed by atoms with Gasteiger partial charge in [0.1, 0.15) is 17.7 Å². The van der Waals surface area contributed by atoms with Gasteiger partial charge in [0.05, 0.1) is 5.57 Å². The molecule has 1 aliphatic rings. The molecule has 0 fully saturated rings. The summed E-state index contributed by atoms with van der Waals surface area (Å²) in [5.41, 5.74) is 1.46. The summed E-state index contributed by atoms with van der Waals surface area (Å²) in [6, 6.07) is 10.5. The number of nitriles is 2. The van der Waals surface area contributed by atoms with E-state index in [1.54, 1.807) is 30.3 Å². The van der Waals surface area contributed by atoms with Crippen molar-refractivity contribution in [2.75, 3.05) is 0 Å². The van der Waals surface area contributed by atoms with Gasteiger partial charge in [0.2, 0.25) is 5.78 Å². The molecule has 0 aromatic heterocycles. The minimum atomic E-state index is -0.401. The second kappa shape index (κ2) is 3.49. The first kappa shape index (κ1) is 9.89. The van der Waals surface area contributed by atoms with E-state index in [-0.39, 0.29) is 11.1 Å². The number of fused-ring (bicyclic) bond motifs is 1. The van der Waals surface area contributed by atoms with Gasteiger partial charge in [-0.3, -0.25) is 4.79 Å². The molecular formula is C13H6N2O. The quantitative estimate of drug-likeness (QED) is 0.653. The standard InChI is InChI=1S/C13H6N2O/c1-8-9-4-2-3-5-10(9)13(16)12(7-15)11(8)6-14/h2-5H,1H2. The molecule has 1 aromatic rings. The lowest BCUT2D eigenvalue weighted by Gasteiger charge is -2.16. The number of benzene rings is 1. The Labute approximate surface area is 92.5 Å². The van der Waals surface area contributed by atoms with Crippen molar-refractivity contribution < 1.29 is 4.79 Å². The maximum atomic E-state index is 11.9. The van der Waals surface area contributed by atoms with Gasteiger partial charge in [0, 0.05) is 5.56 Å². The molecule has 0 amide bonds. The van der Waals surface area contributed by atoms with Gasteiger partial charge in [-0.05, 0) is 11.1 Å². The number of hydrogen-bond acceptors (Lipinski definition) is 3. The SMILES string of the molecule is C=C1C(C#N)=C(C#N)C(=O)c2ccccc21. The minimum absolute atomic E-state index is 0.0752. The Morgan fingerprint density at radius 3 is 2.12 bits per heavy atom. The van der Waals surface area contributed by atoms with Crippen LogP contribution >= 0.6 is 0 Å². The van der Waals surface area contributed by atoms with Crippen molar-refractivity contribution in [2.24, 2.45) is 0 Å². The van der Waals surface area contributed by atoms with Crippen LogP contribution < -0.4 is 0 Å². The molecule has 74 valence electrons. The highest BCUT2D eigenvalue weighted by Crippen LogP contribution is 2.33. The molecule has 1 aromatic carbocycles. The van der Waals surface area contributed by atoms with E-state index in [2.05, 4.69) is 6.58 Å². The predicted molar refractivity (Wildman–Crippen MR) is 58.1 cm³/mol. The average molecular weight is 206 g/mol. The summed E-state index contributed by atoms with van der Waals surface area (Å²) < 4.78 is 0. The highest BCUT2D eigenvalue weighted by Gasteiger charge is 2.28. The molecule has 0 saturated carbocycles. The number of hydrogen-bond donors (Lipinski definition) is 0. The molecule has 0 spiro atoms. The lowest BCUT2D eigenvalue weighted by atomic mass is 9.83. The van der Waals surface area contributed by atoms with Crippen molar-refractivity contribution in [2.45, 2.75) is 0 Å². The van der Waals surface area contributed by atoms with Crippen LogP contribution in [-0.2, 0) is 0 Å². The highest BCUT2D eigenvalue weighted by molar-refractivity contribution is 6.20. The smallest absolute Gasteiger partial charge is 0.205 e. The Morgan fingerprint density at radius 2 is 1.56 bits per heavy atom. The lowest BCUT2D eigenvalue weighted by Crippen LogP contribution is -2.13. The summed E-state index contributed by atoms with van der Waals surface area (Å²) in [6.45, 7) is 3.76. The first-order chi connectivity index (χ1) is 7.70. The van der Waals surface area contributed by atoms with Gasteiger partial charge >= 0.3 is 0 Å². The van der Waals surface area contributed by atoms with Crippen molar-refractivity contribution in [3.8, 4) is 12.1 Å². The molecule has 0 heterocycles. The van der Waals surface area contributed by atoms with Crippen molar-refractivity contribution >= 4 is 11.4 Å². The second-order valence-electron chi connectivity index (χ2n) is 3.33. The van der Waals surface area contributed by atoms with Crippen LogP contribution in [0, 0.1) is 22.7 Å². The van der Waals surface area contributed by atoms with E-state index < -0.39 is 5.78 Å². The largest absolute Gasteiger partial charge is 0.288 e. The van der Waals surface area contributed by atoms with Gasteiger partial charge in [-0.1, -0.05) is 30.8 Å². The molecule has 3 nitrogen and oxygen atoms in total. The van der Waals surface area contributed by atoms with Crippen molar-refractivity contribution in [3.63, 3.8) is 0 Å². The molecule has 16 heavy (non-hydrogen) atoms. The Hall–Kier alpha value is -2.65. The number of nitrogens with zero attached hydrogens (tertiary/aromatic N) is 2. The van der Waals surface area contributed by atoms with Gasteiger partial charge in [-0.2, -0.15) is 10.5 Å². The Kier molecular flexibility index (Phi) is 2.16. The van der Waals surface area contributed by atoms with Crippen LogP contribution in [0.2, 0.25) is 0 Å². The van der Waals surface area contributed by atoms with Gasteiger partial charge < -0.3 is 0 Å². The number of Topliss-reactive ketones (excluding diaryl/α,β-unsaturated/α-hetero) is 1. The fraction of sp³-hybridized carbons (Fsp3) is 0. The third kappa shape index (κ3) is 1.16. The van der Waals surface area contributed by atoms with Crippen LogP contribution in [0.15, 0.2) is 42.0 Å². The maximum absolute atomic E-state index is 11.9. The first-order valence-electron chi connectivity index (χ1n) is 4.58. The molecule has 0 bridgehead atoms. The van der Waals surface area contributed by atoms with E-state index in [4.69, 9.17) is 10.5 Å². The lowest BCUT2D eigenvalue weighted by molar-refractivity contribution is 0.103. The van der Waals surface area contributed by atoms with E-state index in [1.807, 2.05) is 6.07 Å². The van der Waals surface area contributed by atoms with Crippen LogP contribution in [-0.4, -0.2) is 5.78 Å².